The number of nitrogens with zero attached hydrogens (tertiary/aromatic N) is 2. The fourth-order valence-electron chi connectivity index (χ4n) is 4.59. The third-order valence-electron chi connectivity index (χ3n) is 6.48. The van der Waals surface area contributed by atoms with Crippen molar-refractivity contribution in [3.8, 4) is 22.4 Å². The molecule has 1 aliphatic rings. The summed E-state index contributed by atoms with van der Waals surface area (Å²) in [7, 11) is 0. The minimum Gasteiger partial charge on any atom is -0.397 e. The summed E-state index contributed by atoms with van der Waals surface area (Å²) in [6, 6.07) is 25.0. The van der Waals surface area contributed by atoms with Gasteiger partial charge in [0.25, 0.3) is 0 Å². The van der Waals surface area contributed by atoms with Crippen molar-refractivity contribution in [1.29, 1.82) is 0 Å². The predicted molar refractivity (Wildman–Crippen MR) is 130 cm³/mol. The number of benzene rings is 3. The van der Waals surface area contributed by atoms with Gasteiger partial charge in [-0.25, -0.2) is 4.98 Å². The lowest BCUT2D eigenvalue weighted by Crippen LogP contribution is -2.12. The molecule has 1 aliphatic carbocycles. The number of pyridine rings is 1. The summed E-state index contributed by atoms with van der Waals surface area (Å²) >= 11 is 6.79. The van der Waals surface area contributed by atoms with E-state index in [1.165, 1.54) is 30.4 Å². The molecule has 2 heterocycles. The molecule has 1 saturated carbocycles. The first-order valence-corrected chi connectivity index (χ1v) is 11.1. The maximum absolute atomic E-state index is 6.79. The maximum atomic E-state index is 6.79. The second-order valence-electron chi connectivity index (χ2n) is 8.39. The molecular formula is C27H22ClN3. The maximum Gasteiger partial charge on any atom is 0.117 e. The van der Waals surface area contributed by atoms with Crippen molar-refractivity contribution < 1.29 is 0 Å². The zero-order valence-electron chi connectivity index (χ0n) is 17.1. The van der Waals surface area contributed by atoms with Crippen LogP contribution in [0.1, 0.15) is 31.0 Å². The molecule has 0 aliphatic heterocycles. The molecule has 0 amide bonds. The molecule has 1 fully saturated rings. The summed E-state index contributed by atoms with van der Waals surface area (Å²) in [4.78, 5) is 5.09. The Hall–Kier alpha value is -3.30. The summed E-state index contributed by atoms with van der Waals surface area (Å²) < 4.78 is 2.16. The van der Waals surface area contributed by atoms with Gasteiger partial charge >= 0.3 is 0 Å². The molecule has 0 saturated heterocycles. The average Bonchev–Trinajstić information content (AvgIpc) is 3.12. The minimum absolute atomic E-state index is 0.493. The molecule has 0 bridgehead atoms. The molecule has 2 aromatic heterocycles. The monoisotopic (exact) mass is 423 g/mol. The summed E-state index contributed by atoms with van der Waals surface area (Å²) in [6.45, 7) is 0. The number of halogens is 1. The van der Waals surface area contributed by atoms with Crippen molar-refractivity contribution in [2.75, 3.05) is 5.73 Å². The van der Waals surface area contributed by atoms with Crippen molar-refractivity contribution in [3.63, 3.8) is 0 Å². The Kier molecular flexibility index (Phi) is 4.25. The van der Waals surface area contributed by atoms with Gasteiger partial charge in [-0.2, -0.15) is 0 Å². The van der Waals surface area contributed by atoms with Crippen molar-refractivity contribution >= 4 is 33.6 Å². The molecule has 0 spiro atoms. The van der Waals surface area contributed by atoms with Crippen LogP contribution >= 0.6 is 11.6 Å². The quantitative estimate of drug-likeness (QED) is 0.330. The molecule has 0 unspecified atom stereocenters. The highest BCUT2D eigenvalue weighted by molar-refractivity contribution is 6.34. The van der Waals surface area contributed by atoms with Gasteiger partial charge in [0.1, 0.15) is 11.5 Å². The summed E-state index contributed by atoms with van der Waals surface area (Å²) in [5.41, 5.74) is 12.3. The first-order chi connectivity index (χ1) is 15.2. The predicted octanol–water partition coefficient (Wildman–Crippen LogP) is 7.32. The van der Waals surface area contributed by atoms with Crippen molar-refractivity contribution in [3.05, 3.63) is 89.8 Å². The molecule has 0 radical (unpaired) electrons. The van der Waals surface area contributed by atoms with Gasteiger partial charge in [0, 0.05) is 17.7 Å². The van der Waals surface area contributed by atoms with E-state index in [2.05, 4.69) is 59.1 Å². The van der Waals surface area contributed by atoms with Gasteiger partial charge in [-0.15, -0.1) is 0 Å². The highest BCUT2D eigenvalue weighted by Gasteiger charge is 2.27. The van der Waals surface area contributed by atoms with Crippen LogP contribution in [0.3, 0.4) is 0 Å². The molecule has 3 aromatic carbocycles. The Bertz CT molecular complexity index is 1430. The van der Waals surface area contributed by atoms with Crippen LogP contribution in [0.15, 0.2) is 79.0 Å². The third-order valence-corrected chi connectivity index (χ3v) is 6.79. The average molecular weight is 424 g/mol. The number of hydrogen-bond acceptors (Lipinski definition) is 2. The molecule has 0 atom stereocenters. The van der Waals surface area contributed by atoms with Crippen LogP contribution in [0.4, 0.5) is 5.69 Å². The number of nitrogens with two attached hydrogens (primary N) is 1. The summed E-state index contributed by atoms with van der Waals surface area (Å²) in [5.74, 6) is 1.59. The van der Waals surface area contributed by atoms with Crippen molar-refractivity contribution in [2.24, 2.45) is 0 Å². The van der Waals surface area contributed by atoms with E-state index in [0.717, 1.165) is 39.1 Å². The summed E-state index contributed by atoms with van der Waals surface area (Å²) in [5, 5.41) is 2.95. The Morgan fingerprint density at radius 3 is 2.48 bits per heavy atom. The lowest BCUT2D eigenvalue weighted by molar-refractivity contribution is 0.400. The molecule has 31 heavy (non-hydrogen) atoms. The molecule has 4 heteroatoms. The zero-order valence-corrected chi connectivity index (χ0v) is 17.8. The molecule has 6 rings (SSSR count). The Morgan fingerprint density at radius 2 is 1.71 bits per heavy atom. The minimum atomic E-state index is 0.493. The van der Waals surface area contributed by atoms with Crippen LogP contribution in [0.2, 0.25) is 5.02 Å². The van der Waals surface area contributed by atoms with Gasteiger partial charge in [0.05, 0.1) is 16.2 Å². The molecule has 3 nitrogen and oxygen atoms in total. The molecule has 5 aromatic rings. The second kappa shape index (κ2) is 7.14. The first kappa shape index (κ1) is 18.5. The van der Waals surface area contributed by atoms with E-state index in [9.17, 15) is 0 Å². The van der Waals surface area contributed by atoms with Crippen molar-refractivity contribution in [2.45, 2.75) is 25.2 Å². The third kappa shape index (κ3) is 3.00. The number of aromatic nitrogens is 2. The van der Waals surface area contributed by atoms with Crippen LogP contribution in [-0.2, 0) is 0 Å². The van der Waals surface area contributed by atoms with Crippen LogP contribution < -0.4 is 5.73 Å². The van der Waals surface area contributed by atoms with Gasteiger partial charge < -0.3 is 10.1 Å². The topological polar surface area (TPSA) is 43.3 Å². The Balaban J connectivity index is 1.57. The Labute approximate surface area is 186 Å². The number of nitrogen functional groups attached to an aromatic ring is 1. The number of imidazole rings is 1. The lowest BCUT2D eigenvalue weighted by atomic mass is 9.85. The fourth-order valence-corrected chi connectivity index (χ4v) is 4.85. The van der Waals surface area contributed by atoms with Crippen LogP contribution in [0.5, 0.6) is 0 Å². The lowest BCUT2D eigenvalue weighted by Gasteiger charge is -2.23. The largest absolute Gasteiger partial charge is 0.397 e. The SMILES string of the molecule is Nc1cccn2c(C3CCC3)nc(-c3cc4cc(-c5ccccc5)ccc4cc3Cl)c12. The van der Waals surface area contributed by atoms with Gasteiger partial charge in [-0.3, -0.25) is 0 Å². The fraction of sp³-hybridized carbons (Fsp3) is 0.148. The second-order valence-corrected chi connectivity index (χ2v) is 8.80. The smallest absolute Gasteiger partial charge is 0.117 e. The van der Waals surface area contributed by atoms with Crippen LogP contribution in [0, 0.1) is 0 Å². The number of fused-ring (bicyclic) bond motifs is 2. The van der Waals surface area contributed by atoms with E-state index in [1.807, 2.05) is 24.3 Å². The van der Waals surface area contributed by atoms with E-state index < -0.39 is 0 Å². The molecule has 2 N–H and O–H groups in total. The highest BCUT2D eigenvalue weighted by atomic mass is 35.5. The molecular weight excluding hydrogens is 402 g/mol. The van der Waals surface area contributed by atoms with E-state index in [4.69, 9.17) is 22.3 Å². The van der Waals surface area contributed by atoms with Crippen LogP contribution in [0.25, 0.3) is 38.7 Å². The Morgan fingerprint density at radius 1 is 0.871 bits per heavy atom. The first-order valence-electron chi connectivity index (χ1n) is 10.7. The summed E-state index contributed by atoms with van der Waals surface area (Å²) in [6.07, 6.45) is 5.69. The number of rotatable bonds is 3. The van der Waals surface area contributed by atoms with Gasteiger partial charge in [0.2, 0.25) is 0 Å². The zero-order chi connectivity index (χ0) is 20.9. The standard InChI is InChI=1S/C27H22ClN3/c28-23-16-20-12-11-19(17-6-2-1-3-7-17)14-21(20)15-22(23)25-26-24(29)10-5-13-31(26)27(30-25)18-8-4-9-18/h1-3,5-7,10-16,18H,4,8-9,29H2. The van der Waals surface area contributed by atoms with Gasteiger partial charge in [-0.05, 0) is 65.1 Å². The number of hydrogen-bond donors (Lipinski definition) is 1. The van der Waals surface area contributed by atoms with Crippen molar-refractivity contribution in [1.82, 2.24) is 9.38 Å². The number of anilines is 1. The van der Waals surface area contributed by atoms with Crippen LogP contribution in [-0.4, -0.2) is 9.38 Å². The van der Waals surface area contributed by atoms with Gasteiger partial charge in [-0.1, -0.05) is 60.5 Å². The van der Waals surface area contributed by atoms with E-state index in [1.54, 1.807) is 0 Å². The van der Waals surface area contributed by atoms with Gasteiger partial charge in [0.15, 0.2) is 0 Å². The normalized spacial score (nSPS) is 14.2. The van der Waals surface area contributed by atoms with E-state index in [-0.39, 0.29) is 0 Å². The molecule has 152 valence electrons. The highest BCUT2D eigenvalue weighted by Crippen LogP contribution is 2.42. The van der Waals surface area contributed by atoms with E-state index >= 15 is 0 Å². The van der Waals surface area contributed by atoms with E-state index in [0.29, 0.717) is 10.9 Å².